The number of anilines is 2. The fraction of sp³-hybridized carbons (Fsp3) is 0.182. The van der Waals surface area contributed by atoms with Crippen molar-refractivity contribution in [3.05, 3.63) is 36.9 Å². The molecule has 106 valence electrons. The van der Waals surface area contributed by atoms with Crippen LogP contribution in [-0.4, -0.2) is 46.7 Å². The highest BCUT2D eigenvalue weighted by Crippen LogP contribution is 2.08. The first kappa shape index (κ1) is 12.8. The highest BCUT2D eigenvalue weighted by molar-refractivity contribution is 5.37. The van der Waals surface area contributed by atoms with Gasteiger partial charge in [0, 0.05) is 13.2 Å². The van der Waals surface area contributed by atoms with Crippen molar-refractivity contribution >= 4 is 11.9 Å². The number of hydrogen-bond donors (Lipinski definition) is 2. The average Bonchev–Trinajstić information content (AvgIpc) is 3.08. The zero-order chi connectivity index (χ0) is 14.5. The summed E-state index contributed by atoms with van der Waals surface area (Å²) < 4.78 is 1.46. The molecule has 3 aromatic heterocycles. The van der Waals surface area contributed by atoms with Crippen LogP contribution in [-0.2, 0) is 6.54 Å². The van der Waals surface area contributed by atoms with E-state index in [4.69, 9.17) is 0 Å². The summed E-state index contributed by atoms with van der Waals surface area (Å²) in [6.45, 7) is 0.479. The molecule has 0 saturated carbocycles. The molecule has 0 aromatic carbocycles. The lowest BCUT2D eigenvalue weighted by molar-refractivity contribution is 0.794. The predicted octanol–water partition coefficient (Wildman–Crippen LogP) is -0.104. The van der Waals surface area contributed by atoms with Gasteiger partial charge < -0.3 is 10.6 Å². The topological polar surface area (TPSA) is 119 Å². The molecule has 10 heteroatoms. The van der Waals surface area contributed by atoms with Gasteiger partial charge in [-0.05, 0) is 6.07 Å². The molecule has 0 atom stereocenters. The molecule has 0 aliphatic carbocycles. The molecule has 2 N–H and O–H groups in total. The van der Waals surface area contributed by atoms with Crippen LogP contribution in [0, 0.1) is 0 Å². The molecule has 0 bridgehead atoms. The molecule has 10 nitrogen and oxygen atoms in total. The summed E-state index contributed by atoms with van der Waals surface area (Å²) in [5, 5.41) is 9.96. The van der Waals surface area contributed by atoms with Crippen molar-refractivity contribution in [2.24, 2.45) is 0 Å². The highest BCUT2D eigenvalue weighted by Gasteiger charge is 2.08. The van der Waals surface area contributed by atoms with E-state index in [1.165, 1.54) is 23.7 Å². The SMILES string of the molecule is CNc1nc(NCc2ccncn2)nc(-n2cncn2)n1. The first-order valence-electron chi connectivity index (χ1n) is 6.13. The van der Waals surface area contributed by atoms with Crippen molar-refractivity contribution in [3.8, 4) is 5.95 Å². The van der Waals surface area contributed by atoms with Crippen molar-refractivity contribution in [3.63, 3.8) is 0 Å². The molecule has 0 fully saturated rings. The third-order valence-corrected chi connectivity index (χ3v) is 2.54. The molecule has 3 heterocycles. The van der Waals surface area contributed by atoms with Gasteiger partial charge in [0.15, 0.2) is 0 Å². The molecule has 21 heavy (non-hydrogen) atoms. The van der Waals surface area contributed by atoms with Gasteiger partial charge in [0.1, 0.15) is 19.0 Å². The van der Waals surface area contributed by atoms with E-state index in [2.05, 4.69) is 45.6 Å². The van der Waals surface area contributed by atoms with Crippen LogP contribution >= 0.6 is 0 Å². The summed E-state index contributed by atoms with van der Waals surface area (Å²) in [7, 11) is 1.73. The molecule has 0 aliphatic rings. The standard InChI is InChI=1S/C11H12N10/c1-12-9-18-10(15-4-8-2-3-13-5-16-8)20-11(19-9)21-7-14-6-17-21/h2-3,5-7H,4H2,1H3,(H2,12,15,18,19,20). The maximum Gasteiger partial charge on any atom is 0.258 e. The lowest BCUT2D eigenvalue weighted by Gasteiger charge is -2.07. The van der Waals surface area contributed by atoms with E-state index in [0.717, 1.165) is 5.69 Å². The predicted molar refractivity (Wildman–Crippen MR) is 73.6 cm³/mol. The maximum absolute atomic E-state index is 4.28. The van der Waals surface area contributed by atoms with Crippen LogP contribution < -0.4 is 10.6 Å². The summed E-state index contributed by atoms with van der Waals surface area (Å²) in [6.07, 6.45) is 6.10. The van der Waals surface area contributed by atoms with Crippen molar-refractivity contribution in [2.45, 2.75) is 6.54 Å². The Labute approximate surface area is 119 Å². The molecule has 0 saturated heterocycles. The van der Waals surface area contributed by atoms with Gasteiger partial charge in [-0.15, -0.1) is 0 Å². The van der Waals surface area contributed by atoms with Crippen molar-refractivity contribution in [2.75, 3.05) is 17.7 Å². The minimum absolute atomic E-state index is 0.372. The van der Waals surface area contributed by atoms with E-state index >= 15 is 0 Å². The van der Waals surface area contributed by atoms with Crippen LogP contribution in [0.2, 0.25) is 0 Å². The number of nitrogens with one attached hydrogen (secondary N) is 2. The van der Waals surface area contributed by atoms with Crippen LogP contribution in [0.3, 0.4) is 0 Å². The quantitative estimate of drug-likeness (QED) is 0.661. The van der Waals surface area contributed by atoms with Crippen LogP contribution in [0.4, 0.5) is 11.9 Å². The molecule has 0 aliphatic heterocycles. The second-order valence-corrected chi connectivity index (χ2v) is 3.93. The van der Waals surface area contributed by atoms with E-state index < -0.39 is 0 Å². The van der Waals surface area contributed by atoms with Gasteiger partial charge in [-0.3, -0.25) is 0 Å². The van der Waals surface area contributed by atoms with Gasteiger partial charge >= 0.3 is 0 Å². The zero-order valence-electron chi connectivity index (χ0n) is 11.2. The summed E-state index contributed by atoms with van der Waals surface area (Å²) >= 11 is 0. The summed E-state index contributed by atoms with van der Waals surface area (Å²) in [4.78, 5) is 24.6. The molecule has 3 aromatic rings. The zero-order valence-corrected chi connectivity index (χ0v) is 11.2. The highest BCUT2D eigenvalue weighted by atomic mass is 15.4. The Bertz CT molecular complexity index is 696. The first-order valence-corrected chi connectivity index (χ1v) is 6.13. The van der Waals surface area contributed by atoms with E-state index in [9.17, 15) is 0 Å². The first-order chi connectivity index (χ1) is 10.3. The van der Waals surface area contributed by atoms with Crippen LogP contribution in [0.5, 0.6) is 0 Å². The fourth-order valence-corrected chi connectivity index (χ4v) is 1.56. The van der Waals surface area contributed by atoms with Gasteiger partial charge in [0.2, 0.25) is 11.9 Å². The average molecular weight is 284 g/mol. The van der Waals surface area contributed by atoms with Crippen LogP contribution in [0.1, 0.15) is 5.69 Å². The molecule has 0 amide bonds. The van der Waals surface area contributed by atoms with E-state index in [1.54, 1.807) is 13.2 Å². The molecule has 0 unspecified atom stereocenters. The minimum atomic E-state index is 0.372. The number of aromatic nitrogens is 8. The van der Waals surface area contributed by atoms with E-state index in [0.29, 0.717) is 24.4 Å². The normalized spacial score (nSPS) is 10.3. The molecule has 3 rings (SSSR count). The summed E-state index contributed by atoms with van der Waals surface area (Å²) in [5.41, 5.74) is 0.832. The van der Waals surface area contributed by atoms with Gasteiger partial charge in [0.05, 0.1) is 12.2 Å². The molecular formula is C11H12N10. The third kappa shape index (κ3) is 3.05. The molecule has 0 spiro atoms. The van der Waals surface area contributed by atoms with E-state index in [-0.39, 0.29) is 0 Å². The van der Waals surface area contributed by atoms with Crippen molar-refractivity contribution in [1.29, 1.82) is 0 Å². The number of hydrogen-bond acceptors (Lipinski definition) is 9. The van der Waals surface area contributed by atoms with Crippen LogP contribution in [0.25, 0.3) is 5.95 Å². The Morgan fingerprint density at radius 1 is 1.10 bits per heavy atom. The third-order valence-electron chi connectivity index (χ3n) is 2.54. The monoisotopic (exact) mass is 284 g/mol. The minimum Gasteiger partial charge on any atom is -0.357 e. The largest absolute Gasteiger partial charge is 0.357 e. The number of rotatable bonds is 5. The van der Waals surface area contributed by atoms with Gasteiger partial charge in [0.25, 0.3) is 5.95 Å². The Kier molecular flexibility index (Phi) is 3.58. The van der Waals surface area contributed by atoms with Gasteiger partial charge in [-0.1, -0.05) is 0 Å². The summed E-state index contributed by atoms with van der Waals surface area (Å²) in [6, 6.07) is 1.81. The number of nitrogens with zero attached hydrogens (tertiary/aromatic N) is 8. The molecular weight excluding hydrogens is 272 g/mol. The summed E-state index contributed by atoms with van der Waals surface area (Å²) in [5.74, 6) is 1.22. The lowest BCUT2D eigenvalue weighted by Crippen LogP contribution is -2.12. The van der Waals surface area contributed by atoms with Gasteiger partial charge in [-0.25, -0.2) is 15.0 Å². The smallest absolute Gasteiger partial charge is 0.258 e. The van der Waals surface area contributed by atoms with Crippen LogP contribution in [0.15, 0.2) is 31.2 Å². The Hall–Kier alpha value is -3.17. The Balaban J connectivity index is 1.83. The second kappa shape index (κ2) is 5.86. The second-order valence-electron chi connectivity index (χ2n) is 3.93. The van der Waals surface area contributed by atoms with Gasteiger partial charge in [-0.2, -0.15) is 24.7 Å². The molecule has 0 radical (unpaired) electrons. The van der Waals surface area contributed by atoms with E-state index in [1.807, 2.05) is 6.07 Å². The maximum atomic E-state index is 4.28. The van der Waals surface area contributed by atoms with Crippen molar-refractivity contribution < 1.29 is 0 Å². The van der Waals surface area contributed by atoms with Crippen molar-refractivity contribution in [1.82, 2.24) is 39.7 Å². The Morgan fingerprint density at radius 2 is 2.00 bits per heavy atom. The lowest BCUT2D eigenvalue weighted by atomic mass is 10.4. The fourth-order valence-electron chi connectivity index (χ4n) is 1.56. The Morgan fingerprint density at radius 3 is 2.71 bits per heavy atom.